The quantitative estimate of drug-likeness (QED) is 0.0620. The van der Waals surface area contributed by atoms with Crippen molar-refractivity contribution >= 4 is 51.9 Å². The van der Waals surface area contributed by atoms with Crippen LogP contribution in [0.2, 0.25) is 0 Å². The fourth-order valence-electron chi connectivity index (χ4n) is 6.68. The Morgan fingerprint density at radius 2 is 1.88 bits per heavy atom. The van der Waals surface area contributed by atoms with Crippen LogP contribution in [0.4, 0.5) is 11.4 Å². The van der Waals surface area contributed by atoms with Gasteiger partial charge in [0.1, 0.15) is 12.4 Å². The molecule has 0 spiro atoms. The molecule has 0 saturated carbocycles. The molecule has 4 atom stereocenters. The average molecular weight is 769 g/mol. The molecule has 1 heterocycles. The lowest BCUT2D eigenvalue weighted by molar-refractivity contribution is -0.384. The van der Waals surface area contributed by atoms with Gasteiger partial charge in [0, 0.05) is 18.1 Å². The number of aromatic hydroxyl groups is 1. The third kappa shape index (κ3) is 7.25. The van der Waals surface area contributed by atoms with E-state index in [-0.39, 0.29) is 36.6 Å². The zero-order chi connectivity index (χ0) is 34.5. The number of phenols is 1. The molecule has 12 heteroatoms. The number of aliphatic hydroxyl groups is 2. The van der Waals surface area contributed by atoms with Crippen molar-refractivity contribution in [3.05, 3.63) is 103 Å². The summed E-state index contributed by atoms with van der Waals surface area (Å²) in [6.07, 6.45) is 2.51. The fourth-order valence-corrected chi connectivity index (χ4v) is 7.30. The number of carbonyl (C=O) groups is 2. The second-order valence-electron chi connectivity index (χ2n) is 11.8. The van der Waals surface area contributed by atoms with Gasteiger partial charge in [-0.3, -0.25) is 19.7 Å². The Bertz CT molecular complexity index is 1760. The number of non-ortho nitro benzene ring substituents is 1. The number of nitro groups is 1. The van der Waals surface area contributed by atoms with E-state index in [1.165, 1.54) is 31.4 Å². The number of nitrogens with zero attached hydrogens (tertiary/aromatic N) is 2. The van der Waals surface area contributed by atoms with Crippen molar-refractivity contribution in [3.63, 3.8) is 0 Å². The number of hydrogen-bond acceptors (Lipinski definition) is 9. The highest BCUT2D eigenvalue weighted by atomic mass is 127. The second kappa shape index (κ2) is 15.3. The van der Waals surface area contributed by atoms with Crippen molar-refractivity contribution in [3.8, 4) is 17.2 Å². The number of imide groups is 1. The number of aliphatic hydroxyl groups excluding tert-OH is 2. The number of anilines is 1. The Labute approximate surface area is 291 Å². The summed E-state index contributed by atoms with van der Waals surface area (Å²) in [4.78, 5) is 39.5. The van der Waals surface area contributed by atoms with Crippen LogP contribution in [-0.2, 0) is 9.59 Å². The highest BCUT2D eigenvalue weighted by Gasteiger charge is 2.55. The summed E-state index contributed by atoms with van der Waals surface area (Å²) < 4.78 is 12.0. The van der Waals surface area contributed by atoms with Crippen molar-refractivity contribution in [2.75, 3.05) is 25.2 Å². The molecule has 0 aromatic heterocycles. The Morgan fingerprint density at radius 1 is 1.12 bits per heavy atom. The molecule has 3 N–H and O–H groups in total. The van der Waals surface area contributed by atoms with E-state index in [9.17, 15) is 35.0 Å². The second-order valence-corrected chi connectivity index (χ2v) is 13.0. The van der Waals surface area contributed by atoms with Gasteiger partial charge < -0.3 is 24.8 Å². The maximum absolute atomic E-state index is 13.9. The predicted octanol–water partition coefficient (Wildman–Crippen LogP) is 6.04. The normalized spacial score (nSPS) is 20.1. The molecule has 1 aliphatic heterocycles. The molecule has 11 nitrogen and oxygen atoms in total. The highest BCUT2D eigenvalue weighted by molar-refractivity contribution is 14.1. The molecule has 2 amide bonds. The van der Waals surface area contributed by atoms with Gasteiger partial charge in [-0.15, -0.1) is 0 Å². The Balaban J connectivity index is 1.46. The highest BCUT2D eigenvalue weighted by Crippen LogP contribution is 2.47. The van der Waals surface area contributed by atoms with Gasteiger partial charge in [0.15, 0.2) is 11.5 Å². The summed E-state index contributed by atoms with van der Waals surface area (Å²) in [6, 6.07) is 18.0. The van der Waals surface area contributed by atoms with Crippen molar-refractivity contribution in [1.29, 1.82) is 0 Å². The minimum absolute atomic E-state index is 0.0383. The number of carbonyl (C=O) groups excluding carboxylic acids is 2. The SMILES string of the molecule is CC/C(=C\c1cc(I)c(O)c(OC)c1)CC[C@@H](O)C1=C(COc2ccccc2)C[C@H]2C(=O)N(c3cccc([N+](=O)[O-])c3)C(=O)[C@H]2[C@H]1CO. The van der Waals surface area contributed by atoms with E-state index < -0.39 is 47.2 Å². The topological polar surface area (TPSA) is 160 Å². The van der Waals surface area contributed by atoms with Gasteiger partial charge in [0.2, 0.25) is 11.8 Å². The lowest BCUT2D eigenvalue weighted by Gasteiger charge is -2.36. The fraction of sp³-hybridized carbons (Fsp3) is 0.333. The van der Waals surface area contributed by atoms with Gasteiger partial charge in [0.25, 0.3) is 5.69 Å². The number of phenolic OH excluding ortho intramolecular Hbond substituents is 1. The van der Waals surface area contributed by atoms with Crippen molar-refractivity contribution in [2.24, 2.45) is 17.8 Å². The summed E-state index contributed by atoms with van der Waals surface area (Å²) in [5.41, 5.74) is 2.81. The van der Waals surface area contributed by atoms with Gasteiger partial charge in [-0.25, -0.2) is 4.90 Å². The number of methoxy groups -OCH3 is 1. The molecular weight excluding hydrogens is 731 g/mol. The first-order chi connectivity index (χ1) is 23.1. The number of rotatable bonds is 13. The Hall–Kier alpha value is -4.27. The van der Waals surface area contributed by atoms with Crippen LogP contribution in [0.1, 0.15) is 38.2 Å². The number of fused-ring (bicyclic) bond motifs is 1. The summed E-state index contributed by atoms with van der Waals surface area (Å²) in [7, 11) is 1.49. The van der Waals surface area contributed by atoms with Crippen molar-refractivity contribution in [2.45, 2.75) is 38.7 Å². The average Bonchev–Trinajstić information content (AvgIpc) is 3.35. The summed E-state index contributed by atoms with van der Waals surface area (Å²) in [5.74, 6) is -2.73. The smallest absolute Gasteiger partial charge is 0.271 e. The third-order valence-electron chi connectivity index (χ3n) is 9.03. The summed E-state index contributed by atoms with van der Waals surface area (Å²) >= 11 is 2.04. The van der Waals surface area contributed by atoms with E-state index in [0.717, 1.165) is 16.0 Å². The molecule has 1 fully saturated rings. The number of hydrogen-bond donors (Lipinski definition) is 3. The molecule has 48 heavy (non-hydrogen) atoms. The number of para-hydroxylation sites is 1. The van der Waals surface area contributed by atoms with Crippen LogP contribution in [0.5, 0.6) is 17.2 Å². The molecule has 1 aliphatic carbocycles. The summed E-state index contributed by atoms with van der Waals surface area (Å²) in [5, 5.41) is 44.2. The van der Waals surface area contributed by atoms with Gasteiger partial charge in [-0.1, -0.05) is 42.8 Å². The standard InChI is InChI=1S/C36H37IN2O9/c1-3-21(14-22-15-29(37)34(42)31(16-22)47-2)12-13-30(41)32-23(20-48-26-10-5-4-6-11-26)17-27-33(28(32)19-40)36(44)38(35(27)43)24-8-7-9-25(18-24)39(45)46/h4-11,14-16,18,27-28,30,33,40-42H,3,12-13,17,19-20H2,1-2H3/b21-14+/t27-,28+,30-,33-/m1/s1. The molecule has 3 aromatic rings. The molecule has 0 radical (unpaired) electrons. The molecule has 0 unspecified atom stereocenters. The van der Waals surface area contributed by atoms with Gasteiger partial charge in [-0.05, 0) is 95.3 Å². The number of amides is 2. The van der Waals surface area contributed by atoms with Crippen LogP contribution in [0.15, 0.2) is 83.4 Å². The molecule has 252 valence electrons. The van der Waals surface area contributed by atoms with E-state index in [1.54, 1.807) is 18.2 Å². The lowest BCUT2D eigenvalue weighted by Crippen LogP contribution is -2.40. The first-order valence-corrected chi connectivity index (χ1v) is 16.7. The molecular formula is C36H37IN2O9. The molecule has 2 aliphatic rings. The third-order valence-corrected chi connectivity index (χ3v) is 9.85. The monoisotopic (exact) mass is 768 g/mol. The van der Waals surface area contributed by atoms with E-state index in [4.69, 9.17) is 9.47 Å². The zero-order valence-electron chi connectivity index (χ0n) is 26.5. The number of nitro benzene ring substituents is 1. The van der Waals surface area contributed by atoms with Gasteiger partial charge in [0.05, 0.1) is 45.8 Å². The van der Waals surface area contributed by atoms with Crippen LogP contribution in [0.3, 0.4) is 0 Å². The number of allylic oxidation sites excluding steroid dienone is 1. The van der Waals surface area contributed by atoms with E-state index in [1.807, 2.05) is 59.9 Å². The molecule has 5 rings (SSSR count). The molecule has 0 bridgehead atoms. The predicted molar refractivity (Wildman–Crippen MR) is 188 cm³/mol. The van der Waals surface area contributed by atoms with Gasteiger partial charge >= 0.3 is 0 Å². The first kappa shape index (κ1) is 35.0. The zero-order valence-corrected chi connectivity index (χ0v) is 28.7. The van der Waals surface area contributed by atoms with E-state index in [0.29, 0.717) is 39.1 Å². The van der Waals surface area contributed by atoms with Crippen LogP contribution >= 0.6 is 22.6 Å². The molecule has 1 saturated heterocycles. The minimum atomic E-state index is -1.06. The van der Waals surface area contributed by atoms with Crippen molar-refractivity contribution < 1.29 is 39.3 Å². The van der Waals surface area contributed by atoms with Crippen LogP contribution < -0.4 is 14.4 Å². The summed E-state index contributed by atoms with van der Waals surface area (Å²) in [6.45, 7) is 1.55. The van der Waals surface area contributed by atoms with Crippen LogP contribution in [-0.4, -0.2) is 58.5 Å². The molecule has 3 aromatic carbocycles. The van der Waals surface area contributed by atoms with Crippen LogP contribution in [0, 0.1) is 31.4 Å². The van der Waals surface area contributed by atoms with Gasteiger partial charge in [-0.2, -0.15) is 0 Å². The maximum atomic E-state index is 13.9. The number of benzene rings is 3. The minimum Gasteiger partial charge on any atom is -0.504 e. The number of halogens is 1. The number of ether oxygens (including phenoxy) is 2. The van der Waals surface area contributed by atoms with Crippen molar-refractivity contribution in [1.82, 2.24) is 0 Å². The largest absolute Gasteiger partial charge is 0.504 e. The Kier molecular flexibility index (Phi) is 11.2. The van der Waals surface area contributed by atoms with Crippen LogP contribution in [0.25, 0.3) is 6.08 Å². The van der Waals surface area contributed by atoms with E-state index >= 15 is 0 Å². The lowest BCUT2D eigenvalue weighted by atomic mass is 9.68. The first-order valence-electron chi connectivity index (χ1n) is 15.6. The Morgan fingerprint density at radius 3 is 2.54 bits per heavy atom. The maximum Gasteiger partial charge on any atom is 0.271 e. The van der Waals surface area contributed by atoms with E-state index in [2.05, 4.69) is 0 Å².